The van der Waals surface area contributed by atoms with Crippen molar-refractivity contribution < 1.29 is 4.92 Å². The van der Waals surface area contributed by atoms with Gasteiger partial charge in [-0.3, -0.25) is 10.1 Å². The van der Waals surface area contributed by atoms with Crippen LogP contribution in [0.15, 0.2) is 41.8 Å². The molecule has 1 N–H and O–H groups in total. The Balaban J connectivity index is 1.95. The molecule has 0 radical (unpaired) electrons. The first-order chi connectivity index (χ1) is 11.7. The molecule has 3 rings (SSSR count). The van der Waals surface area contributed by atoms with Crippen molar-refractivity contribution in [2.75, 3.05) is 31.5 Å². The first kappa shape index (κ1) is 16.7. The van der Waals surface area contributed by atoms with Crippen molar-refractivity contribution in [3.05, 3.63) is 52.0 Å². The predicted octanol–water partition coefficient (Wildman–Crippen LogP) is 3.06. The van der Waals surface area contributed by atoms with Crippen molar-refractivity contribution in [3.8, 4) is 0 Å². The number of hydrogen-bond acceptors (Lipinski definition) is 5. The van der Waals surface area contributed by atoms with Gasteiger partial charge in [-0.2, -0.15) is 0 Å². The molecule has 0 atom stereocenters. The van der Waals surface area contributed by atoms with E-state index in [1.807, 2.05) is 30.3 Å². The molecular weight excluding hydrogens is 324 g/mol. The lowest BCUT2D eigenvalue weighted by Crippen LogP contribution is -2.37. The quantitative estimate of drug-likeness (QED) is 0.383. The van der Waals surface area contributed by atoms with E-state index >= 15 is 0 Å². The molecule has 0 aromatic heterocycles. The fourth-order valence-electron chi connectivity index (χ4n) is 3.34. The Bertz CT molecular complexity index is 617. The minimum atomic E-state index is -0.329. The molecule has 0 bridgehead atoms. The smallest absolute Gasteiger partial charge is 0.343 e. The van der Waals surface area contributed by atoms with Crippen LogP contribution < -0.4 is 5.32 Å². The van der Waals surface area contributed by atoms with Crippen LogP contribution in [-0.2, 0) is 0 Å². The Morgan fingerprint density at radius 1 is 1.00 bits per heavy atom. The lowest BCUT2D eigenvalue weighted by atomic mass is 10.3. The number of nitrogens with one attached hydrogen (secondary N) is 1. The van der Waals surface area contributed by atoms with Gasteiger partial charge in [-0.05, 0) is 37.8 Å². The highest BCUT2D eigenvalue weighted by Crippen LogP contribution is 2.26. The van der Waals surface area contributed by atoms with Gasteiger partial charge >= 0.3 is 5.70 Å². The Morgan fingerprint density at radius 3 is 1.96 bits per heavy atom. The average molecular weight is 346 g/mol. The summed E-state index contributed by atoms with van der Waals surface area (Å²) in [6, 6.07) is 9.37. The van der Waals surface area contributed by atoms with Gasteiger partial charge in [-0.25, -0.2) is 0 Å². The molecule has 0 saturated carbocycles. The van der Waals surface area contributed by atoms with Crippen molar-refractivity contribution >= 4 is 22.9 Å². The van der Waals surface area contributed by atoms with E-state index in [1.165, 1.54) is 0 Å². The van der Waals surface area contributed by atoms with Crippen LogP contribution in [-0.4, -0.2) is 45.9 Å². The van der Waals surface area contributed by atoms with E-state index in [0.717, 1.165) is 57.5 Å². The minimum absolute atomic E-state index is 0.0256. The van der Waals surface area contributed by atoms with E-state index in [1.54, 1.807) is 0 Å². The second-order valence-corrected chi connectivity index (χ2v) is 6.55. The van der Waals surface area contributed by atoms with Gasteiger partial charge in [-0.1, -0.05) is 30.4 Å². The molecule has 0 unspecified atom stereocenters. The zero-order valence-electron chi connectivity index (χ0n) is 13.6. The molecule has 2 heterocycles. The van der Waals surface area contributed by atoms with Crippen LogP contribution in [0, 0.1) is 10.1 Å². The third-order valence-corrected chi connectivity index (χ3v) is 4.75. The number of hydrogen-bond donors (Lipinski definition) is 1. The van der Waals surface area contributed by atoms with Crippen LogP contribution in [0.5, 0.6) is 0 Å². The van der Waals surface area contributed by atoms with E-state index in [-0.39, 0.29) is 15.6 Å². The molecule has 2 fully saturated rings. The van der Waals surface area contributed by atoms with Crippen molar-refractivity contribution in [1.82, 2.24) is 9.80 Å². The van der Waals surface area contributed by atoms with Crippen molar-refractivity contribution in [2.24, 2.45) is 0 Å². The second-order valence-electron chi connectivity index (χ2n) is 6.14. The molecule has 7 heteroatoms. The van der Waals surface area contributed by atoms with Crippen molar-refractivity contribution in [1.29, 1.82) is 0 Å². The van der Waals surface area contributed by atoms with Gasteiger partial charge in [0, 0.05) is 31.9 Å². The topological polar surface area (TPSA) is 61.7 Å². The number of benzene rings is 1. The summed E-state index contributed by atoms with van der Waals surface area (Å²) in [4.78, 5) is 16.0. The Hall–Kier alpha value is -2.15. The van der Waals surface area contributed by atoms with Crippen LogP contribution in [0.25, 0.3) is 0 Å². The van der Waals surface area contributed by atoms with Crippen LogP contribution in [0.2, 0.25) is 0 Å². The van der Waals surface area contributed by atoms with Gasteiger partial charge in [0.1, 0.15) is 0 Å². The average Bonchev–Trinajstić information content (AvgIpc) is 3.27. The number of nitrogens with zero attached hydrogens (tertiary/aromatic N) is 3. The monoisotopic (exact) mass is 346 g/mol. The molecule has 2 aliphatic rings. The van der Waals surface area contributed by atoms with Crippen LogP contribution in [0.3, 0.4) is 0 Å². The molecule has 2 saturated heterocycles. The number of rotatable bonds is 5. The summed E-state index contributed by atoms with van der Waals surface area (Å²) in [5.74, 6) is 0.698. The summed E-state index contributed by atoms with van der Waals surface area (Å²) in [5.41, 5.74) is 0.793. The summed E-state index contributed by atoms with van der Waals surface area (Å²) >= 11 is 5.42. The highest BCUT2D eigenvalue weighted by Gasteiger charge is 2.34. The molecule has 0 spiro atoms. The summed E-state index contributed by atoms with van der Waals surface area (Å²) in [6.07, 6.45) is 4.28. The van der Waals surface area contributed by atoms with Gasteiger partial charge in [0.05, 0.1) is 4.92 Å². The molecule has 24 heavy (non-hydrogen) atoms. The summed E-state index contributed by atoms with van der Waals surface area (Å²) < 4.78 is 0. The van der Waals surface area contributed by atoms with Crippen molar-refractivity contribution in [3.63, 3.8) is 0 Å². The molecule has 0 amide bonds. The standard InChI is InChI=1S/C17H22N4O2S/c22-21(23)15(16(24)18-14-8-2-1-3-9-14)17(19-10-4-5-11-19)20-12-6-7-13-20/h1-3,8-9H,4-7,10-13H2,(H,18,24). The maximum Gasteiger partial charge on any atom is 0.343 e. The number of likely N-dealkylation sites (tertiary alicyclic amines) is 2. The third kappa shape index (κ3) is 3.67. The molecule has 0 aliphatic carbocycles. The van der Waals surface area contributed by atoms with Gasteiger partial charge in [0.25, 0.3) is 0 Å². The van der Waals surface area contributed by atoms with Gasteiger partial charge in [0.15, 0.2) is 10.8 Å². The second kappa shape index (κ2) is 7.61. The number of thiocarbonyl (C=S) groups is 1. The minimum Gasteiger partial charge on any atom is -0.352 e. The van der Waals surface area contributed by atoms with Crippen LogP contribution in [0.4, 0.5) is 5.69 Å². The van der Waals surface area contributed by atoms with Gasteiger partial charge in [0.2, 0.25) is 0 Å². The van der Waals surface area contributed by atoms with Gasteiger partial charge in [-0.15, -0.1) is 0 Å². The van der Waals surface area contributed by atoms with E-state index in [9.17, 15) is 10.1 Å². The maximum absolute atomic E-state index is 11.9. The molecule has 1 aromatic rings. The molecular formula is C17H22N4O2S. The zero-order valence-corrected chi connectivity index (χ0v) is 14.4. The number of para-hydroxylation sites is 1. The zero-order chi connectivity index (χ0) is 16.9. The number of nitro groups is 1. The highest BCUT2D eigenvalue weighted by molar-refractivity contribution is 7.81. The van der Waals surface area contributed by atoms with Crippen LogP contribution >= 0.6 is 12.2 Å². The third-order valence-electron chi connectivity index (χ3n) is 4.45. The summed E-state index contributed by atoms with van der Waals surface area (Å²) in [6.45, 7) is 3.43. The Kier molecular flexibility index (Phi) is 5.30. The van der Waals surface area contributed by atoms with E-state index in [2.05, 4.69) is 15.1 Å². The highest BCUT2D eigenvalue weighted by atomic mass is 32.1. The first-order valence-corrected chi connectivity index (χ1v) is 8.82. The fourth-order valence-corrected chi connectivity index (χ4v) is 3.62. The SMILES string of the molecule is O=[N+]([O-])C(C(=S)Nc1ccccc1)=C(N1CCCC1)N1CCCC1. The van der Waals surface area contributed by atoms with E-state index in [0.29, 0.717) is 5.82 Å². The summed E-state index contributed by atoms with van der Waals surface area (Å²) in [5, 5.41) is 14.9. The molecule has 128 valence electrons. The number of anilines is 1. The fraction of sp³-hybridized carbons (Fsp3) is 0.471. The van der Waals surface area contributed by atoms with Crippen LogP contribution in [0.1, 0.15) is 25.7 Å². The van der Waals surface area contributed by atoms with E-state index < -0.39 is 0 Å². The first-order valence-electron chi connectivity index (χ1n) is 8.42. The maximum atomic E-state index is 11.9. The van der Waals surface area contributed by atoms with Crippen molar-refractivity contribution in [2.45, 2.75) is 25.7 Å². The summed E-state index contributed by atoms with van der Waals surface area (Å²) in [7, 11) is 0. The largest absolute Gasteiger partial charge is 0.352 e. The Morgan fingerprint density at radius 2 is 1.50 bits per heavy atom. The van der Waals surface area contributed by atoms with E-state index in [4.69, 9.17) is 12.2 Å². The molecule has 1 aromatic carbocycles. The normalized spacial score (nSPS) is 17.0. The Labute approximate surface area is 147 Å². The van der Waals surface area contributed by atoms with Gasteiger partial charge < -0.3 is 15.1 Å². The lowest BCUT2D eigenvalue weighted by molar-refractivity contribution is -0.418. The molecule has 6 nitrogen and oxygen atoms in total. The molecule has 2 aliphatic heterocycles. The predicted molar refractivity (Wildman–Crippen MR) is 98.3 cm³/mol. The lowest BCUT2D eigenvalue weighted by Gasteiger charge is -2.29.